The Hall–Kier alpha value is 3.54. The van der Waals surface area contributed by atoms with Gasteiger partial charge in [0.05, 0.1) is 0 Å². The molecule has 0 radical (unpaired) electrons. The molecule has 0 saturated heterocycles. The molecule has 0 aliphatic carbocycles. The van der Waals surface area contributed by atoms with Gasteiger partial charge in [-0.05, 0) is 6.92 Å². The molecule has 0 aromatic rings. The van der Waals surface area contributed by atoms with Gasteiger partial charge in [-0.3, -0.25) is 0 Å². The van der Waals surface area contributed by atoms with Crippen LogP contribution in [0.3, 0.4) is 0 Å². The molecular formula is C3H7Na4O7P. The predicted molar refractivity (Wildman–Crippen MR) is 28.0 cm³/mol. The molecule has 2 N–H and O–H groups in total. The van der Waals surface area contributed by atoms with Gasteiger partial charge in [-0.15, -0.1) is 0 Å². The summed E-state index contributed by atoms with van der Waals surface area (Å²) in [5, 5.41) is 15.8. The number of rotatable bonds is 1. The van der Waals surface area contributed by atoms with Crippen LogP contribution in [0.15, 0.2) is 0 Å². The Morgan fingerprint density at radius 2 is 1.27 bits per heavy atom. The molecule has 0 amide bonds. The second-order valence-electron chi connectivity index (χ2n) is 1.46. The first-order valence-corrected chi connectivity index (χ1v) is 3.74. The smallest absolute Gasteiger partial charge is 1.00 e. The SMILES string of the molecule is C[C@@H](O)C(=O)O.O=P([O-])([O-])[O-].[H-].[Na+].[Na+].[Na+].[Na+]. The maximum atomic E-state index is 9.45. The van der Waals surface area contributed by atoms with Gasteiger partial charge in [-0.2, -0.15) is 7.82 Å². The van der Waals surface area contributed by atoms with Crippen LogP contribution in [-0.4, -0.2) is 22.3 Å². The van der Waals surface area contributed by atoms with Gasteiger partial charge < -0.3 is 30.9 Å². The minimum Gasteiger partial charge on any atom is -1.00 e. The Morgan fingerprint density at radius 1 is 1.20 bits per heavy atom. The van der Waals surface area contributed by atoms with Crippen LogP contribution in [0.25, 0.3) is 0 Å². The molecular weight excluding hydrogens is 271 g/mol. The first-order valence-electron chi connectivity index (χ1n) is 2.28. The van der Waals surface area contributed by atoms with Crippen molar-refractivity contribution in [2.75, 3.05) is 0 Å². The van der Waals surface area contributed by atoms with Crippen molar-refractivity contribution in [3.05, 3.63) is 0 Å². The van der Waals surface area contributed by atoms with Gasteiger partial charge in [0.15, 0.2) is 0 Å². The second-order valence-corrected chi connectivity index (χ2v) is 2.36. The van der Waals surface area contributed by atoms with Gasteiger partial charge in [0.2, 0.25) is 0 Å². The minimum atomic E-state index is -5.39. The molecule has 0 fully saturated rings. The summed E-state index contributed by atoms with van der Waals surface area (Å²) >= 11 is 0. The van der Waals surface area contributed by atoms with Crippen LogP contribution in [0.2, 0.25) is 0 Å². The van der Waals surface area contributed by atoms with Crippen LogP contribution in [0.5, 0.6) is 0 Å². The molecule has 0 spiro atoms. The summed E-state index contributed by atoms with van der Waals surface area (Å²) in [7, 11) is -5.39. The molecule has 0 saturated carbocycles. The number of carboxylic acids is 1. The maximum Gasteiger partial charge on any atom is 1.00 e. The number of hydrogen-bond donors (Lipinski definition) is 2. The molecule has 15 heavy (non-hydrogen) atoms. The van der Waals surface area contributed by atoms with E-state index in [1.54, 1.807) is 0 Å². The van der Waals surface area contributed by atoms with Crippen LogP contribution in [0.4, 0.5) is 0 Å². The fourth-order valence-corrected chi connectivity index (χ4v) is 0. The molecule has 0 aliphatic rings. The van der Waals surface area contributed by atoms with Crippen molar-refractivity contribution in [2.45, 2.75) is 13.0 Å². The number of phosphoric acid groups is 1. The van der Waals surface area contributed by atoms with E-state index in [0.29, 0.717) is 0 Å². The average Bonchev–Trinajstić information content (AvgIpc) is 1.59. The van der Waals surface area contributed by atoms with E-state index in [0.717, 1.165) is 0 Å². The summed E-state index contributed by atoms with van der Waals surface area (Å²) in [5.74, 6) is -1.19. The van der Waals surface area contributed by atoms with Crippen molar-refractivity contribution in [1.29, 1.82) is 0 Å². The topological polar surface area (TPSA) is 144 Å². The largest absolute Gasteiger partial charge is 1.00 e. The third kappa shape index (κ3) is 74.5. The van der Waals surface area contributed by atoms with E-state index in [9.17, 15) is 4.79 Å². The van der Waals surface area contributed by atoms with Crippen molar-refractivity contribution < 1.29 is 154 Å². The van der Waals surface area contributed by atoms with Gasteiger partial charge in [-0.25, -0.2) is 4.79 Å². The summed E-state index contributed by atoms with van der Waals surface area (Å²) in [6.07, 6.45) is -1.23. The first kappa shape index (κ1) is 36.3. The summed E-state index contributed by atoms with van der Waals surface area (Å²) in [6.45, 7) is 1.20. The fourth-order valence-electron chi connectivity index (χ4n) is 0. The van der Waals surface area contributed by atoms with Crippen LogP contribution in [0.1, 0.15) is 8.35 Å². The van der Waals surface area contributed by atoms with Gasteiger partial charge in [0.1, 0.15) is 6.10 Å². The molecule has 0 aromatic carbocycles. The zero-order valence-electron chi connectivity index (χ0n) is 10.5. The molecule has 0 heterocycles. The van der Waals surface area contributed by atoms with Crippen molar-refractivity contribution in [1.82, 2.24) is 0 Å². The van der Waals surface area contributed by atoms with Gasteiger partial charge in [-0.1, -0.05) is 0 Å². The van der Waals surface area contributed by atoms with Crippen LogP contribution in [-0.2, 0) is 9.36 Å². The summed E-state index contributed by atoms with van der Waals surface area (Å²) in [5.41, 5.74) is 0. The number of carbonyl (C=O) groups is 1. The fraction of sp³-hybridized carbons (Fsp3) is 0.667. The second kappa shape index (κ2) is 19.9. The summed E-state index contributed by atoms with van der Waals surface area (Å²) in [4.78, 5) is 35.1. The molecule has 0 aliphatic heterocycles. The van der Waals surface area contributed by atoms with E-state index in [1.165, 1.54) is 6.92 Å². The quantitative estimate of drug-likeness (QED) is 0.358. The van der Waals surface area contributed by atoms with Crippen LogP contribution >= 0.6 is 7.82 Å². The number of aliphatic carboxylic acids is 1. The van der Waals surface area contributed by atoms with E-state index in [2.05, 4.69) is 0 Å². The van der Waals surface area contributed by atoms with E-state index in [4.69, 9.17) is 29.5 Å². The number of aliphatic hydroxyl groups is 1. The van der Waals surface area contributed by atoms with Crippen LogP contribution < -0.4 is 133 Å². The Labute approximate surface area is 177 Å². The van der Waals surface area contributed by atoms with Crippen molar-refractivity contribution in [3.63, 3.8) is 0 Å². The molecule has 7 nitrogen and oxygen atoms in total. The monoisotopic (exact) mass is 278 g/mol. The Bertz CT molecular complexity index is 167. The Balaban J connectivity index is -0.0000000155. The molecule has 0 unspecified atom stereocenters. The average molecular weight is 278 g/mol. The third-order valence-corrected chi connectivity index (χ3v) is 0.357. The minimum absolute atomic E-state index is 0. The maximum absolute atomic E-state index is 9.45. The Kier molecular flexibility index (Phi) is 48.0. The zero-order chi connectivity index (χ0) is 9.65. The predicted octanol–water partition coefficient (Wildman–Crippen LogP) is -15.2. The molecule has 70 valence electrons. The number of hydrogen-bond acceptors (Lipinski definition) is 6. The standard InChI is InChI=1S/C3H6O3.4Na.H3O4P.H/c1-2(4)3(5)6;;;;;1-5(2,3)4;/h2,4H,1H3,(H,5,6);;;;;(H3,1,2,3,4);/q;4*+1;;-1/p-3/t2-;;;;;;/m1....../s1. The molecule has 0 rings (SSSR count). The van der Waals surface area contributed by atoms with Gasteiger partial charge in [0.25, 0.3) is 0 Å². The molecule has 12 heteroatoms. The van der Waals surface area contributed by atoms with E-state index >= 15 is 0 Å². The Morgan fingerprint density at radius 3 is 1.27 bits per heavy atom. The van der Waals surface area contributed by atoms with E-state index in [-0.39, 0.29) is 120 Å². The normalized spacial score (nSPS) is 9.40. The summed E-state index contributed by atoms with van der Waals surface area (Å²) in [6, 6.07) is 0. The van der Waals surface area contributed by atoms with Gasteiger partial charge in [0, 0.05) is 0 Å². The first-order chi connectivity index (χ1) is 4.64. The molecule has 0 bridgehead atoms. The third-order valence-electron chi connectivity index (χ3n) is 0.357. The van der Waals surface area contributed by atoms with Crippen molar-refractivity contribution >= 4 is 13.8 Å². The van der Waals surface area contributed by atoms with Crippen molar-refractivity contribution in [2.24, 2.45) is 0 Å². The van der Waals surface area contributed by atoms with E-state index < -0.39 is 19.9 Å². The zero-order valence-corrected chi connectivity index (χ0v) is 18.4. The van der Waals surface area contributed by atoms with Crippen LogP contribution in [0, 0.1) is 0 Å². The molecule has 1 atom stereocenters. The summed E-state index contributed by atoms with van der Waals surface area (Å²) < 4.78 is 8.55. The number of aliphatic hydroxyl groups excluding tert-OH is 1. The molecule has 0 aromatic heterocycles. The number of carboxylic acid groups (broad SMARTS) is 1. The van der Waals surface area contributed by atoms with Gasteiger partial charge >= 0.3 is 124 Å². The van der Waals surface area contributed by atoms with Crippen molar-refractivity contribution in [3.8, 4) is 0 Å². The van der Waals surface area contributed by atoms with E-state index in [1.807, 2.05) is 0 Å².